The van der Waals surface area contributed by atoms with E-state index in [1.54, 1.807) is 12.2 Å². The number of alkyl halides is 1. The van der Waals surface area contributed by atoms with Crippen molar-refractivity contribution in [2.24, 2.45) is 0 Å². The molecule has 0 radical (unpaired) electrons. The van der Waals surface area contributed by atoms with Crippen molar-refractivity contribution in [3.63, 3.8) is 0 Å². The SMILES string of the molecule is C=Cc1ccc(CCl)nc1C=C. The Balaban J connectivity index is 3.18. The van der Waals surface area contributed by atoms with E-state index in [0.717, 1.165) is 17.0 Å². The molecule has 0 spiro atoms. The van der Waals surface area contributed by atoms with Crippen molar-refractivity contribution in [1.29, 1.82) is 0 Å². The van der Waals surface area contributed by atoms with Gasteiger partial charge < -0.3 is 0 Å². The van der Waals surface area contributed by atoms with Crippen LogP contribution >= 0.6 is 11.6 Å². The minimum Gasteiger partial charge on any atom is -0.252 e. The lowest BCUT2D eigenvalue weighted by Crippen LogP contribution is -1.91. The van der Waals surface area contributed by atoms with Crippen LogP contribution in [0.2, 0.25) is 0 Å². The largest absolute Gasteiger partial charge is 0.252 e. The van der Waals surface area contributed by atoms with Gasteiger partial charge in [0.05, 0.1) is 17.3 Å². The molecule has 0 saturated carbocycles. The Morgan fingerprint density at radius 2 is 2.08 bits per heavy atom. The molecular formula is C10H10ClN. The van der Waals surface area contributed by atoms with E-state index in [-0.39, 0.29) is 0 Å². The molecule has 62 valence electrons. The Morgan fingerprint density at radius 1 is 1.33 bits per heavy atom. The van der Waals surface area contributed by atoms with Gasteiger partial charge in [0.1, 0.15) is 0 Å². The van der Waals surface area contributed by atoms with Crippen LogP contribution < -0.4 is 0 Å². The zero-order valence-electron chi connectivity index (χ0n) is 6.76. The summed E-state index contributed by atoms with van der Waals surface area (Å²) in [5.41, 5.74) is 2.68. The van der Waals surface area contributed by atoms with E-state index in [2.05, 4.69) is 18.1 Å². The number of hydrogen-bond acceptors (Lipinski definition) is 1. The maximum atomic E-state index is 5.63. The molecule has 0 N–H and O–H groups in total. The first-order valence-corrected chi connectivity index (χ1v) is 4.16. The smallest absolute Gasteiger partial charge is 0.0699 e. The van der Waals surface area contributed by atoms with E-state index < -0.39 is 0 Å². The molecule has 12 heavy (non-hydrogen) atoms. The van der Waals surface area contributed by atoms with Crippen LogP contribution in [-0.2, 0) is 5.88 Å². The van der Waals surface area contributed by atoms with Crippen molar-refractivity contribution < 1.29 is 0 Å². The van der Waals surface area contributed by atoms with E-state index >= 15 is 0 Å². The van der Waals surface area contributed by atoms with Crippen molar-refractivity contribution in [1.82, 2.24) is 4.98 Å². The van der Waals surface area contributed by atoms with Gasteiger partial charge in [-0.2, -0.15) is 0 Å². The minimum atomic E-state index is 0.429. The van der Waals surface area contributed by atoms with Gasteiger partial charge >= 0.3 is 0 Å². The highest BCUT2D eigenvalue weighted by Gasteiger charge is 1.98. The molecule has 1 aromatic heterocycles. The average Bonchev–Trinajstić information content (AvgIpc) is 2.16. The summed E-state index contributed by atoms with van der Waals surface area (Å²) in [7, 11) is 0. The maximum absolute atomic E-state index is 5.63. The monoisotopic (exact) mass is 179 g/mol. The fourth-order valence-electron chi connectivity index (χ4n) is 0.938. The minimum absolute atomic E-state index is 0.429. The molecule has 0 atom stereocenters. The zero-order valence-corrected chi connectivity index (χ0v) is 7.51. The van der Waals surface area contributed by atoms with Crippen molar-refractivity contribution in [2.45, 2.75) is 5.88 Å². The van der Waals surface area contributed by atoms with E-state index in [4.69, 9.17) is 11.6 Å². The molecule has 0 unspecified atom stereocenters. The number of rotatable bonds is 3. The van der Waals surface area contributed by atoms with Gasteiger partial charge in [-0.25, -0.2) is 0 Å². The van der Waals surface area contributed by atoms with E-state index in [1.165, 1.54) is 0 Å². The second kappa shape index (κ2) is 4.07. The molecule has 0 bridgehead atoms. The third-order valence-electron chi connectivity index (χ3n) is 1.57. The van der Waals surface area contributed by atoms with Crippen LogP contribution in [0.3, 0.4) is 0 Å². The normalized spacial score (nSPS) is 9.42. The summed E-state index contributed by atoms with van der Waals surface area (Å²) in [6.45, 7) is 7.34. The lowest BCUT2D eigenvalue weighted by molar-refractivity contribution is 1.15. The molecule has 0 fully saturated rings. The molecule has 0 aliphatic carbocycles. The van der Waals surface area contributed by atoms with Crippen molar-refractivity contribution in [3.05, 3.63) is 42.2 Å². The van der Waals surface area contributed by atoms with Gasteiger partial charge in [0.15, 0.2) is 0 Å². The van der Waals surface area contributed by atoms with E-state index in [0.29, 0.717) is 5.88 Å². The second-order valence-corrected chi connectivity index (χ2v) is 2.59. The van der Waals surface area contributed by atoms with Crippen LogP contribution in [0.1, 0.15) is 17.0 Å². The van der Waals surface area contributed by atoms with Crippen LogP contribution in [0.25, 0.3) is 12.2 Å². The van der Waals surface area contributed by atoms with E-state index in [1.807, 2.05) is 12.1 Å². The topological polar surface area (TPSA) is 12.9 Å². The fourth-order valence-corrected chi connectivity index (χ4v) is 1.09. The third-order valence-corrected chi connectivity index (χ3v) is 1.84. The van der Waals surface area contributed by atoms with Crippen LogP contribution in [0.4, 0.5) is 0 Å². The molecule has 0 aliphatic heterocycles. The summed E-state index contributed by atoms with van der Waals surface area (Å²) in [5, 5.41) is 0. The number of halogens is 1. The number of hydrogen-bond donors (Lipinski definition) is 0. The van der Waals surface area contributed by atoms with Crippen LogP contribution in [0.5, 0.6) is 0 Å². The standard InChI is InChI=1S/C10H10ClN/c1-3-8-5-6-9(7-11)12-10(8)4-2/h3-6H,1-2,7H2. The molecule has 1 heterocycles. The molecule has 0 aliphatic rings. The van der Waals surface area contributed by atoms with Crippen LogP contribution in [-0.4, -0.2) is 4.98 Å². The third kappa shape index (κ3) is 1.74. The molecular weight excluding hydrogens is 170 g/mol. The van der Waals surface area contributed by atoms with Gasteiger partial charge in [0, 0.05) is 0 Å². The van der Waals surface area contributed by atoms with Crippen LogP contribution in [0, 0.1) is 0 Å². The van der Waals surface area contributed by atoms with Gasteiger partial charge in [0.25, 0.3) is 0 Å². The summed E-state index contributed by atoms with van der Waals surface area (Å²) in [5.74, 6) is 0.429. The maximum Gasteiger partial charge on any atom is 0.0699 e. The molecule has 0 aromatic carbocycles. The fraction of sp³-hybridized carbons (Fsp3) is 0.100. The molecule has 0 amide bonds. The number of aromatic nitrogens is 1. The average molecular weight is 180 g/mol. The predicted octanol–water partition coefficient (Wildman–Crippen LogP) is 3.11. The van der Waals surface area contributed by atoms with Gasteiger partial charge in [-0.05, 0) is 17.7 Å². The first kappa shape index (κ1) is 9.01. The summed E-state index contributed by atoms with van der Waals surface area (Å²) in [6.07, 6.45) is 3.45. The lowest BCUT2D eigenvalue weighted by atomic mass is 10.2. The van der Waals surface area contributed by atoms with Crippen molar-refractivity contribution in [2.75, 3.05) is 0 Å². The Hall–Kier alpha value is -1.08. The van der Waals surface area contributed by atoms with E-state index in [9.17, 15) is 0 Å². The summed E-state index contributed by atoms with van der Waals surface area (Å²) in [4.78, 5) is 4.26. The van der Waals surface area contributed by atoms with Gasteiger partial charge in [-0.3, -0.25) is 4.98 Å². The first-order chi connectivity index (χ1) is 5.81. The van der Waals surface area contributed by atoms with Crippen molar-refractivity contribution in [3.8, 4) is 0 Å². The van der Waals surface area contributed by atoms with Gasteiger partial charge in [-0.1, -0.05) is 25.3 Å². The highest BCUT2D eigenvalue weighted by molar-refractivity contribution is 6.16. The summed E-state index contributed by atoms with van der Waals surface area (Å²) in [6, 6.07) is 3.83. The molecule has 2 heteroatoms. The zero-order chi connectivity index (χ0) is 8.97. The van der Waals surface area contributed by atoms with Crippen LogP contribution in [0.15, 0.2) is 25.3 Å². The highest BCUT2D eigenvalue weighted by atomic mass is 35.5. The Morgan fingerprint density at radius 3 is 2.58 bits per heavy atom. The molecule has 1 aromatic rings. The molecule has 1 nitrogen and oxygen atoms in total. The van der Waals surface area contributed by atoms with Crippen molar-refractivity contribution >= 4 is 23.8 Å². The second-order valence-electron chi connectivity index (χ2n) is 2.32. The highest BCUT2D eigenvalue weighted by Crippen LogP contribution is 2.11. The first-order valence-electron chi connectivity index (χ1n) is 3.62. The quantitative estimate of drug-likeness (QED) is 0.650. The predicted molar refractivity (Wildman–Crippen MR) is 54.0 cm³/mol. The Kier molecular flexibility index (Phi) is 3.06. The molecule has 1 rings (SSSR count). The summed E-state index contributed by atoms with van der Waals surface area (Å²) >= 11 is 5.63. The number of pyridine rings is 1. The lowest BCUT2D eigenvalue weighted by Gasteiger charge is -2.01. The molecule has 0 saturated heterocycles. The van der Waals surface area contributed by atoms with Gasteiger partial charge in [0.2, 0.25) is 0 Å². The van der Waals surface area contributed by atoms with Gasteiger partial charge in [-0.15, -0.1) is 11.6 Å². The number of nitrogens with zero attached hydrogens (tertiary/aromatic N) is 1. The summed E-state index contributed by atoms with van der Waals surface area (Å²) < 4.78 is 0. The Labute approximate surface area is 77.4 Å². The Bertz CT molecular complexity index is 305.